The number of fused-ring (bicyclic) bond motifs is 1. The molecule has 8 heteroatoms. The van der Waals surface area contributed by atoms with Crippen molar-refractivity contribution < 1.29 is 23.4 Å². The Kier molecular flexibility index (Phi) is 7.05. The zero-order valence-electron chi connectivity index (χ0n) is 18.3. The van der Waals surface area contributed by atoms with Crippen LogP contribution in [0.2, 0.25) is 0 Å². The van der Waals surface area contributed by atoms with Crippen molar-refractivity contribution in [2.45, 2.75) is 38.0 Å². The van der Waals surface area contributed by atoms with Gasteiger partial charge in [-0.15, -0.1) is 0 Å². The van der Waals surface area contributed by atoms with Crippen LogP contribution in [0.1, 0.15) is 30.5 Å². The van der Waals surface area contributed by atoms with Gasteiger partial charge in [0.25, 0.3) is 0 Å². The minimum Gasteiger partial charge on any atom is -0.493 e. The van der Waals surface area contributed by atoms with E-state index >= 15 is 0 Å². The minimum atomic E-state index is -0.973. The molecule has 6 nitrogen and oxygen atoms in total. The van der Waals surface area contributed by atoms with Gasteiger partial charge in [0.05, 0.1) is 18.8 Å². The monoisotopic (exact) mass is 455 g/mol. The highest BCUT2D eigenvalue weighted by atomic mass is 19.1. The van der Waals surface area contributed by atoms with Gasteiger partial charge < -0.3 is 25.5 Å². The first-order valence-electron chi connectivity index (χ1n) is 10.9. The lowest BCUT2D eigenvalue weighted by molar-refractivity contribution is -0.120. The maximum absolute atomic E-state index is 13.6. The van der Waals surface area contributed by atoms with E-state index in [2.05, 4.69) is 21.7 Å². The second-order valence-corrected chi connectivity index (χ2v) is 8.31. The van der Waals surface area contributed by atoms with Crippen LogP contribution in [0.4, 0.5) is 8.78 Å². The summed E-state index contributed by atoms with van der Waals surface area (Å²) in [6.07, 6.45) is 3.63. The standard InChI is InChI=1S/C25H27F2N3O3/c1-15(31)30-23(10-16-8-19(26)12-20(27)9-16)24(32)14-29-22-5-7-33-25-3-2-17(11-21(22)25)18-4-6-28-13-18/h2-4,6,8-9,11-13,22-24,28-29,32H,5,7,10,14H2,1H3,(H,30,31)/t22-,23-,24-/m0/s1. The molecule has 33 heavy (non-hydrogen) atoms. The van der Waals surface area contributed by atoms with Crippen LogP contribution in [0.5, 0.6) is 5.75 Å². The van der Waals surface area contributed by atoms with E-state index in [1.54, 1.807) is 0 Å². The lowest BCUT2D eigenvalue weighted by atomic mass is 9.95. The third kappa shape index (κ3) is 5.77. The Morgan fingerprint density at radius 2 is 1.97 bits per heavy atom. The predicted molar refractivity (Wildman–Crippen MR) is 121 cm³/mol. The number of aromatic nitrogens is 1. The Morgan fingerprint density at radius 1 is 1.18 bits per heavy atom. The average Bonchev–Trinajstić information content (AvgIpc) is 3.30. The number of carbonyl (C=O) groups is 1. The summed E-state index contributed by atoms with van der Waals surface area (Å²) >= 11 is 0. The van der Waals surface area contributed by atoms with Crippen LogP contribution in [0.15, 0.2) is 54.9 Å². The van der Waals surface area contributed by atoms with Gasteiger partial charge in [-0.05, 0) is 53.4 Å². The van der Waals surface area contributed by atoms with Crippen LogP contribution in [0.25, 0.3) is 11.1 Å². The van der Waals surface area contributed by atoms with Crippen molar-refractivity contribution in [2.24, 2.45) is 0 Å². The van der Waals surface area contributed by atoms with E-state index in [1.165, 1.54) is 19.1 Å². The van der Waals surface area contributed by atoms with E-state index in [0.29, 0.717) is 12.2 Å². The number of hydrogen-bond acceptors (Lipinski definition) is 4. The zero-order valence-corrected chi connectivity index (χ0v) is 18.3. The summed E-state index contributed by atoms with van der Waals surface area (Å²) in [5.41, 5.74) is 3.47. The van der Waals surface area contributed by atoms with Crippen LogP contribution in [-0.4, -0.2) is 41.3 Å². The van der Waals surface area contributed by atoms with Crippen molar-refractivity contribution in [1.82, 2.24) is 15.6 Å². The molecule has 1 aromatic heterocycles. The number of rotatable bonds is 8. The van der Waals surface area contributed by atoms with Gasteiger partial charge in [-0.3, -0.25) is 4.79 Å². The maximum Gasteiger partial charge on any atom is 0.217 e. The first-order valence-corrected chi connectivity index (χ1v) is 10.9. The molecule has 0 aliphatic carbocycles. The summed E-state index contributed by atoms with van der Waals surface area (Å²) in [7, 11) is 0. The smallest absolute Gasteiger partial charge is 0.217 e. The molecule has 2 aromatic carbocycles. The second-order valence-electron chi connectivity index (χ2n) is 8.31. The van der Waals surface area contributed by atoms with E-state index in [1.807, 2.05) is 30.6 Å². The summed E-state index contributed by atoms with van der Waals surface area (Å²) in [5, 5.41) is 16.9. The third-order valence-electron chi connectivity index (χ3n) is 5.79. The summed E-state index contributed by atoms with van der Waals surface area (Å²) in [4.78, 5) is 14.7. The normalized spacial score (nSPS) is 17.0. The molecular weight excluding hydrogens is 428 g/mol. The quantitative estimate of drug-likeness (QED) is 0.419. The molecule has 0 saturated heterocycles. The van der Waals surface area contributed by atoms with E-state index in [0.717, 1.165) is 34.9 Å². The number of carbonyl (C=O) groups excluding carboxylic acids is 1. The van der Waals surface area contributed by atoms with Gasteiger partial charge >= 0.3 is 0 Å². The SMILES string of the molecule is CC(=O)N[C@@H](Cc1cc(F)cc(F)c1)[C@@H](O)CN[C@H]1CCOc2ccc(-c3cc[nH]c3)cc21. The summed E-state index contributed by atoms with van der Waals surface area (Å²) in [6, 6.07) is 10.5. The van der Waals surface area contributed by atoms with Gasteiger partial charge in [-0.25, -0.2) is 8.78 Å². The summed E-state index contributed by atoms with van der Waals surface area (Å²) in [6.45, 7) is 2.07. The number of aromatic amines is 1. The fourth-order valence-electron chi connectivity index (χ4n) is 4.22. The largest absolute Gasteiger partial charge is 0.493 e. The van der Waals surface area contributed by atoms with Gasteiger partial charge in [0.1, 0.15) is 17.4 Å². The number of aliphatic hydroxyl groups excluding tert-OH is 1. The molecule has 1 aliphatic rings. The minimum absolute atomic E-state index is 0.0492. The summed E-state index contributed by atoms with van der Waals surface area (Å²) in [5.74, 6) is -0.933. The topological polar surface area (TPSA) is 86.4 Å². The van der Waals surface area contributed by atoms with Crippen LogP contribution in [0.3, 0.4) is 0 Å². The number of amides is 1. The third-order valence-corrected chi connectivity index (χ3v) is 5.79. The maximum atomic E-state index is 13.6. The van der Waals surface area contributed by atoms with Crippen LogP contribution in [0, 0.1) is 11.6 Å². The Bertz CT molecular complexity index is 1080. The van der Waals surface area contributed by atoms with Crippen LogP contribution in [-0.2, 0) is 11.2 Å². The van der Waals surface area contributed by atoms with Crippen molar-refractivity contribution in [3.05, 3.63) is 77.6 Å². The first kappa shape index (κ1) is 22.9. The lowest BCUT2D eigenvalue weighted by Gasteiger charge is -2.30. The molecule has 0 fully saturated rings. The van der Waals surface area contributed by atoms with Crippen LogP contribution < -0.4 is 15.4 Å². The van der Waals surface area contributed by atoms with Crippen molar-refractivity contribution in [1.29, 1.82) is 0 Å². The molecule has 0 radical (unpaired) electrons. The van der Waals surface area contributed by atoms with E-state index in [4.69, 9.17) is 4.74 Å². The number of ether oxygens (including phenoxy) is 1. The highest BCUT2D eigenvalue weighted by Crippen LogP contribution is 2.35. The molecule has 3 aromatic rings. The molecule has 0 bridgehead atoms. The Balaban J connectivity index is 1.47. The molecule has 1 aliphatic heterocycles. The van der Waals surface area contributed by atoms with E-state index in [9.17, 15) is 18.7 Å². The highest BCUT2D eigenvalue weighted by molar-refractivity contribution is 5.73. The molecule has 3 atom stereocenters. The van der Waals surface area contributed by atoms with E-state index in [-0.39, 0.29) is 24.9 Å². The number of nitrogens with one attached hydrogen (secondary N) is 3. The molecule has 1 amide bonds. The van der Waals surface area contributed by atoms with Crippen molar-refractivity contribution >= 4 is 5.91 Å². The lowest BCUT2D eigenvalue weighted by Crippen LogP contribution is -2.48. The number of benzene rings is 2. The van der Waals surface area contributed by atoms with Gasteiger partial charge in [0.15, 0.2) is 0 Å². The van der Waals surface area contributed by atoms with Gasteiger partial charge in [-0.1, -0.05) is 6.07 Å². The second kappa shape index (κ2) is 10.1. The highest BCUT2D eigenvalue weighted by Gasteiger charge is 2.26. The Morgan fingerprint density at radius 3 is 2.67 bits per heavy atom. The zero-order chi connectivity index (χ0) is 23.4. The fraction of sp³-hybridized carbons (Fsp3) is 0.320. The molecule has 174 valence electrons. The van der Waals surface area contributed by atoms with Crippen molar-refractivity contribution in [3.63, 3.8) is 0 Å². The fourth-order valence-corrected chi connectivity index (χ4v) is 4.22. The number of hydrogen-bond donors (Lipinski definition) is 4. The number of halogens is 2. The first-order chi connectivity index (χ1) is 15.9. The number of aliphatic hydroxyl groups is 1. The Hall–Kier alpha value is -3.23. The predicted octanol–water partition coefficient (Wildman–Crippen LogP) is 3.48. The Labute approximate surface area is 191 Å². The van der Waals surface area contributed by atoms with Crippen molar-refractivity contribution in [2.75, 3.05) is 13.2 Å². The van der Waals surface area contributed by atoms with Crippen molar-refractivity contribution in [3.8, 4) is 16.9 Å². The number of H-pyrrole nitrogens is 1. The van der Waals surface area contributed by atoms with Crippen LogP contribution >= 0.6 is 0 Å². The molecule has 0 saturated carbocycles. The molecule has 2 heterocycles. The summed E-state index contributed by atoms with van der Waals surface area (Å²) < 4.78 is 33.0. The molecule has 4 rings (SSSR count). The van der Waals surface area contributed by atoms with Gasteiger partial charge in [0.2, 0.25) is 5.91 Å². The van der Waals surface area contributed by atoms with Gasteiger partial charge in [0, 0.05) is 50.0 Å². The van der Waals surface area contributed by atoms with E-state index < -0.39 is 23.8 Å². The van der Waals surface area contributed by atoms with Gasteiger partial charge in [-0.2, -0.15) is 0 Å². The molecular formula is C25H27F2N3O3. The molecule has 4 N–H and O–H groups in total. The molecule has 0 unspecified atom stereocenters. The molecule has 0 spiro atoms. The average molecular weight is 456 g/mol.